The van der Waals surface area contributed by atoms with Gasteiger partial charge in [0.25, 0.3) is 0 Å². The monoisotopic (exact) mass is 679 g/mol. The maximum atomic E-state index is 13.0. The average Bonchev–Trinajstić information content (AvgIpc) is 3.02. The molecule has 0 atom stereocenters. The molecule has 2 amide bonds. The molecule has 1 saturated heterocycles. The molecular formula is C37H50ClN3O5Si. The van der Waals surface area contributed by atoms with Crippen LogP contribution in [0, 0.1) is 0 Å². The van der Waals surface area contributed by atoms with Crippen molar-refractivity contribution in [3.05, 3.63) is 76.8 Å². The highest BCUT2D eigenvalue weighted by Gasteiger charge is 2.37. The van der Waals surface area contributed by atoms with E-state index in [9.17, 15) is 9.59 Å². The number of ether oxygens (including phenoxy) is 2. The summed E-state index contributed by atoms with van der Waals surface area (Å²) in [6.45, 7) is 13.2. The molecule has 0 spiro atoms. The number of hydrogen-bond acceptors (Lipinski definition) is 6. The van der Waals surface area contributed by atoms with Crippen molar-refractivity contribution in [2.45, 2.75) is 83.7 Å². The first-order chi connectivity index (χ1) is 22.3. The number of aryl methyl sites for hydroxylation is 1. The Morgan fingerprint density at radius 2 is 1.68 bits per heavy atom. The van der Waals surface area contributed by atoms with Crippen LogP contribution in [0.5, 0.6) is 5.75 Å². The maximum absolute atomic E-state index is 13.0. The van der Waals surface area contributed by atoms with E-state index in [1.165, 1.54) is 0 Å². The molecule has 1 aliphatic heterocycles. The highest BCUT2D eigenvalue weighted by atomic mass is 35.5. The Kier molecular flexibility index (Phi) is 12.5. The third-order valence-electron chi connectivity index (χ3n) is 9.25. The highest BCUT2D eigenvalue weighted by Crippen LogP contribution is 2.39. The van der Waals surface area contributed by atoms with Crippen molar-refractivity contribution in [3.63, 3.8) is 0 Å². The lowest BCUT2D eigenvalue weighted by Crippen LogP contribution is -2.40. The Bertz CT molecular complexity index is 1520. The van der Waals surface area contributed by atoms with Crippen LogP contribution in [0.15, 0.2) is 60.7 Å². The first-order valence-electron chi connectivity index (χ1n) is 16.4. The zero-order chi connectivity index (χ0) is 34.2. The number of carbonyl (C=O) groups is 2. The molecule has 3 aromatic carbocycles. The lowest BCUT2D eigenvalue weighted by atomic mass is 9.99. The summed E-state index contributed by atoms with van der Waals surface area (Å²) in [5, 5.41) is 6.46. The summed E-state index contributed by atoms with van der Waals surface area (Å²) in [6.07, 6.45) is 2.68. The summed E-state index contributed by atoms with van der Waals surface area (Å²) in [4.78, 5) is 28.1. The minimum Gasteiger partial charge on any atom is -0.496 e. The molecule has 3 aromatic rings. The van der Waals surface area contributed by atoms with Gasteiger partial charge in [-0.15, -0.1) is 0 Å². The van der Waals surface area contributed by atoms with Gasteiger partial charge in [0.05, 0.1) is 30.1 Å². The summed E-state index contributed by atoms with van der Waals surface area (Å²) in [7, 11) is 1.72. The SMILES string of the molecule is COc1cc(NC(=O)CCCc2ccc(-c3ccccc3)c(NC(=O)OC3CCN(C)CC3)c2)c(Cl)cc1CO[Si](C)(C)C(C)(C)C. The molecule has 1 aliphatic rings. The van der Waals surface area contributed by atoms with E-state index >= 15 is 0 Å². The topological polar surface area (TPSA) is 89.1 Å². The normalized spacial score (nSPS) is 14.5. The van der Waals surface area contributed by atoms with Gasteiger partial charge in [0.2, 0.25) is 5.91 Å². The number of carbonyl (C=O) groups excluding carboxylic acids is 2. The van der Waals surface area contributed by atoms with Gasteiger partial charge in [-0.1, -0.05) is 74.8 Å². The molecule has 254 valence electrons. The van der Waals surface area contributed by atoms with E-state index < -0.39 is 14.4 Å². The quantitative estimate of drug-likeness (QED) is 0.186. The molecule has 47 heavy (non-hydrogen) atoms. The van der Waals surface area contributed by atoms with Gasteiger partial charge in [-0.3, -0.25) is 10.1 Å². The number of nitrogens with one attached hydrogen (secondary N) is 2. The van der Waals surface area contributed by atoms with Crippen LogP contribution in [0.1, 0.15) is 57.6 Å². The molecule has 1 heterocycles. The molecule has 4 rings (SSSR count). The van der Waals surface area contributed by atoms with E-state index in [-0.39, 0.29) is 17.0 Å². The second-order valence-electron chi connectivity index (χ2n) is 13.9. The number of amides is 2. The Morgan fingerprint density at radius 3 is 2.34 bits per heavy atom. The molecule has 0 aromatic heterocycles. The summed E-state index contributed by atoms with van der Waals surface area (Å²) >= 11 is 6.60. The van der Waals surface area contributed by atoms with Crippen molar-refractivity contribution in [2.24, 2.45) is 0 Å². The Morgan fingerprint density at radius 1 is 0.979 bits per heavy atom. The molecule has 1 fully saturated rings. The number of rotatable bonds is 12. The van der Waals surface area contributed by atoms with Crippen LogP contribution < -0.4 is 15.4 Å². The zero-order valence-corrected chi connectivity index (χ0v) is 30.6. The van der Waals surface area contributed by atoms with Crippen molar-refractivity contribution in [1.29, 1.82) is 0 Å². The van der Waals surface area contributed by atoms with Crippen molar-refractivity contribution in [3.8, 4) is 16.9 Å². The van der Waals surface area contributed by atoms with Crippen LogP contribution in [-0.2, 0) is 27.0 Å². The Labute approximate surface area is 286 Å². The van der Waals surface area contributed by atoms with E-state index in [0.29, 0.717) is 48.0 Å². The Balaban J connectivity index is 1.37. The number of likely N-dealkylation sites (tertiary alicyclic amines) is 1. The average molecular weight is 680 g/mol. The fourth-order valence-corrected chi connectivity index (χ4v) is 6.43. The molecule has 0 aliphatic carbocycles. The van der Waals surface area contributed by atoms with Crippen molar-refractivity contribution in [2.75, 3.05) is 37.9 Å². The summed E-state index contributed by atoms with van der Waals surface area (Å²) in [5.41, 5.74) is 4.96. The maximum Gasteiger partial charge on any atom is 0.411 e. The van der Waals surface area contributed by atoms with Gasteiger partial charge < -0.3 is 24.1 Å². The first kappa shape index (κ1) is 36.5. The number of nitrogens with zero attached hydrogens (tertiary/aromatic N) is 1. The summed E-state index contributed by atoms with van der Waals surface area (Å²) in [6, 6.07) is 19.5. The number of hydrogen-bond donors (Lipinski definition) is 2. The predicted octanol–water partition coefficient (Wildman–Crippen LogP) is 9.14. The highest BCUT2D eigenvalue weighted by molar-refractivity contribution is 6.74. The predicted molar refractivity (Wildman–Crippen MR) is 194 cm³/mol. The third-order valence-corrected chi connectivity index (χ3v) is 14.0. The molecule has 8 nitrogen and oxygen atoms in total. The van der Waals surface area contributed by atoms with E-state index in [4.69, 9.17) is 25.5 Å². The van der Waals surface area contributed by atoms with Gasteiger partial charge in [0.1, 0.15) is 11.9 Å². The molecule has 10 heteroatoms. The fourth-order valence-electron chi connectivity index (χ4n) is 5.25. The first-order valence-corrected chi connectivity index (χ1v) is 19.7. The van der Waals surface area contributed by atoms with Gasteiger partial charge in [-0.25, -0.2) is 4.79 Å². The fraction of sp³-hybridized carbons (Fsp3) is 0.459. The minimum atomic E-state index is -1.96. The number of benzene rings is 3. The lowest BCUT2D eigenvalue weighted by Gasteiger charge is -2.36. The molecule has 0 bridgehead atoms. The number of halogens is 1. The second kappa shape index (κ2) is 16.2. The largest absolute Gasteiger partial charge is 0.496 e. The van der Waals surface area contributed by atoms with E-state index in [1.807, 2.05) is 54.6 Å². The molecule has 2 N–H and O–H groups in total. The van der Waals surface area contributed by atoms with Gasteiger partial charge >= 0.3 is 6.09 Å². The molecule has 0 unspecified atom stereocenters. The molecular weight excluding hydrogens is 630 g/mol. The van der Waals surface area contributed by atoms with Gasteiger partial charge in [-0.05, 0) is 74.1 Å². The van der Waals surface area contributed by atoms with Crippen LogP contribution >= 0.6 is 11.6 Å². The van der Waals surface area contributed by atoms with Gasteiger partial charge in [0.15, 0.2) is 8.32 Å². The van der Waals surface area contributed by atoms with Crippen molar-refractivity contribution >= 4 is 43.3 Å². The number of anilines is 2. The van der Waals surface area contributed by atoms with Crippen LogP contribution in [0.2, 0.25) is 23.2 Å². The van der Waals surface area contributed by atoms with Crippen LogP contribution in [0.4, 0.5) is 16.2 Å². The summed E-state index contributed by atoms with van der Waals surface area (Å²) in [5.74, 6) is 0.483. The van der Waals surface area contributed by atoms with Crippen LogP contribution in [0.25, 0.3) is 11.1 Å². The van der Waals surface area contributed by atoms with Gasteiger partial charge in [-0.2, -0.15) is 0 Å². The standard InChI is InChI=1S/C37H50ClN3O5Si/c1-37(2,3)47(6,7)45-25-28-23-31(38)33(24-34(28)44-5)39-35(42)15-11-12-26-16-17-30(27-13-9-8-10-14-27)32(22-26)40-36(43)46-29-18-20-41(4)21-19-29/h8-10,13-14,16-17,22-24,29H,11-12,15,18-21,25H2,1-7H3,(H,39,42)(H,40,43). The van der Waals surface area contributed by atoms with E-state index in [2.05, 4.69) is 56.4 Å². The second-order valence-corrected chi connectivity index (χ2v) is 19.1. The smallest absolute Gasteiger partial charge is 0.411 e. The number of piperidine rings is 1. The minimum absolute atomic E-state index is 0.0814. The van der Waals surface area contributed by atoms with Crippen molar-refractivity contribution < 1.29 is 23.5 Å². The Hall–Kier alpha value is -3.37. The molecule has 0 radical (unpaired) electrons. The zero-order valence-electron chi connectivity index (χ0n) is 28.9. The van der Waals surface area contributed by atoms with E-state index in [0.717, 1.165) is 48.2 Å². The van der Waals surface area contributed by atoms with Crippen molar-refractivity contribution in [1.82, 2.24) is 4.90 Å². The third kappa shape index (κ3) is 10.3. The number of methoxy groups -OCH3 is 1. The van der Waals surface area contributed by atoms with Gasteiger partial charge in [0, 0.05) is 36.7 Å². The summed E-state index contributed by atoms with van der Waals surface area (Å²) < 4.78 is 17.8. The van der Waals surface area contributed by atoms with Crippen LogP contribution in [-0.4, -0.2) is 58.6 Å². The van der Waals surface area contributed by atoms with E-state index in [1.54, 1.807) is 13.2 Å². The lowest BCUT2D eigenvalue weighted by molar-refractivity contribution is -0.116. The molecule has 0 saturated carbocycles. The van der Waals surface area contributed by atoms with Crippen LogP contribution in [0.3, 0.4) is 0 Å².